The van der Waals surface area contributed by atoms with E-state index in [1.807, 2.05) is 32.0 Å². The Labute approximate surface area is 107 Å². The molecule has 1 aromatic heterocycles. The third-order valence-corrected chi connectivity index (χ3v) is 3.04. The molecular formula is C15H17FN2. The zero-order chi connectivity index (χ0) is 13.0. The molecule has 1 N–H and O–H groups in total. The van der Waals surface area contributed by atoms with E-state index in [0.717, 1.165) is 16.8 Å². The summed E-state index contributed by atoms with van der Waals surface area (Å²) in [7, 11) is 0. The zero-order valence-corrected chi connectivity index (χ0v) is 10.7. The smallest absolute Gasteiger partial charge is 0.123 e. The normalized spacial score (nSPS) is 12.4. The lowest BCUT2D eigenvalue weighted by Gasteiger charge is -2.14. The molecule has 0 radical (unpaired) electrons. The Bertz CT molecular complexity index is 525. The van der Waals surface area contributed by atoms with E-state index in [9.17, 15) is 4.39 Å². The first kappa shape index (κ1) is 12.7. The maximum absolute atomic E-state index is 13.1. The number of aryl methyl sites for hydroxylation is 1. The topological polar surface area (TPSA) is 24.9 Å². The highest BCUT2D eigenvalue weighted by atomic mass is 19.1. The number of nitrogens with zero attached hydrogens (tertiary/aromatic N) is 1. The zero-order valence-electron chi connectivity index (χ0n) is 10.7. The molecule has 2 aromatic rings. The van der Waals surface area contributed by atoms with Crippen LogP contribution >= 0.6 is 0 Å². The van der Waals surface area contributed by atoms with Gasteiger partial charge in [0.2, 0.25) is 0 Å². The molecule has 0 aliphatic heterocycles. The van der Waals surface area contributed by atoms with Crippen LogP contribution in [0.4, 0.5) is 4.39 Å². The standard InChI is InChI=1S/C15H17FN2/c1-11-5-4-8-17-15(11)10-18-12(2)13-6-3-7-14(16)9-13/h3-9,12,18H,10H2,1-2H3/t12-/m1/s1. The van der Waals surface area contributed by atoms with Crippen LogP contribution in [0.2, 0.25) is 0 Å². The Morgan fingerprint density at radius 1 is 1.28 bits per heavy atom. The SMILES string of the molecule is Cc1cccnc1CN[C@H](C)c1cccc(F)c1. The second-order valence-corrected chi connectivity index (χ2v) is 4.42. The van der Waals surface area contributed by atoms with Gasteiger partial charge in [-0.05, 0) is 43.2 Å². The van der Waals surface area contributed by atoms with Crippen molar-refractivity contribution in [1.29, 1.82) is 0 Å². The second-order valence-electron chi connectivity index (χ2n) is 4.42. The minimum Gasteiger partial charge on any atom is -0.305 e. The predicted octanol–water partition coefficient (Wildman–Crippen LogP) is 3.38. The van der Waals surface area contributed by atoms with E-state index < -0.39 is 0 Å². The van der Waals surface area contributed by atoms with Gasteiger partial charge in [0.05, 0.1) is 5.69 Å². The first-order valence-corrected chi connectivity index (χ1v) is 6.06. The quantitative estimate of drug-likeness (QED) is 0.891. The fourth-order valence-electron chi connectivity index (χ4n) is 1.85. The maximum Gasteiger partial charge on any atom is 0.123 e. The highest BCUT2D eigenvalue weighted by Gasteiger charge is 2.06. The lowest BCUT2D eigenvalue weighted by atomic mass is 10.1. The first-order chi connectivity index (χ1) is 8.66. The third kappa shape index (κ3) is 3.14. The van der Waals surface area contributed by atoms with Gasteiger partial charge in [-0.25, -0.2) is 4.39 Å². The van der Waals surface area contributed by atoms with E-state index in [-0.39, 0.29) is 11.9 Å². The molecule has 0 saturated heterocycles. The van der Waals surface area contributed by atoms with Crippen molar-refractivity contribution in [3.05, 3.63) is 65.2 Å². The van der Waals surface area contributed by atoms with Gasteiger partial charge in [-0.3, -0.25) is 4.98 Å². The molecule has 0 bridgehead atoms. The summed E-state index contributed by atoms with van der Waals surface area (Å²) in [5.41, 5.74) is 3.14. The average Bonchev–Trinajstić information content (AvgIpc) is 2.37. The number of rotatable bonds is 4. The fraction of sp³-hybridized carbons (Fsp3) is 0.267. The third-order valence-electron chi connectivity index (χ3n) is 3.04. The van der Waals surface area contributed by atoms with Crippen molar-refractivity contribution in [2.75, 3.05) is 0 Å². The van der Waals surface area contributed by atoms with Crippen LogP contribution < -0.4 is 5.32 Å². The molecule has 94 valence electrons. The van der Waals surface area contributed by atoms with E-state index in [4.69, 9.17) is 0 Å². The van der Waals surface area contributed by atoms with Gasteiger partial charge < -0.3 is 5.32 Å². The first-order valence-electron chi connectivity index (χ1n) is 6.06. The van der Waals surface area contributed by atoms with Crippen molar-refractivity contribution >= 4 is 0 Å². The molecule has 3 heteroatoms. The van der Waals surface area contributed by atoms with E-state index in [2.05, 4.69) is 10.3 Å². The molecule has 1 aromatic carbocycles. The van der Waals surface area contributed by atoms with Gasteiger partial charge in [-0.2, -0.15) is 0 Å². The summed E-state index contributed by atoms with van der Waals surface area (Å²) >= 11 is 0. The summed E-state index contributed by atoms with van der Waals surface area (Å²) < 4.78 is 13.1. The Morgan fingerprint density at radius 2 is 2.11 bits per heavy atom. The number of pyridine rings is 1. The van der Waals surface area contributed by atoms with Crippen molar-refractivity contribution < 1.29 is 4.39 Å². The van der Waals surface area contributed by atoms with Crippen molar-refractivity contribution in [3.63, 3.8) is 0 Å². The Hall–Kier alpha value is -1.74. The summed E-state index contributed by atoms with van der Waals surface area (Å²) in [5.74, 6) is -0.199. The lowest BCUT2D eigenvalue weighted by molar-refractivity contribution is 0.558. The maximum atomic E-state index is 13.1. The van der Waals surface area contributed by atoms with E-state index in [1.165, 1.54) is 6.07 Å². The van der Waals surface area contributed by atoms with Crippen LogP contribution in [0.1, 0.15) is 29.8 Å². The Morgan fingerprint density at radius 3 is 2.83 bits per heavy atom. The lowest BCUT2D eigenvalue weighted by Crippen LogP contribution is -2.19. The van der Waals surface area contributed by atoms with Crippen LogP contribution in [0.15, 0.2) is 42.6 Å². The highest BCUT2D eigenvalue weighted by Crippen LogP contribution is 2.14. The summed E-state index contributed by atoms with van der Waals surface area (Å²) in [5, 5.41) is 3.35. The highest BCUT2D eigenvalue weighted by molar-refractivity contribution is 5.21. The molecular weight excluding hydrogens is 227 g/mol. The van der Waals surface area contributed by atoms with Gasteiger partial charge in [-0.15, -0.1) is 0 Å². The molecule has 1 atom stereocenters. The molecule has 0 aliphatic carbocycles. The van der Waals surface area contributed by atoms with Gasteiger partial charge in [0.25, 0.3) is 0 Å². The van der Waals surface area contributed by atoms with Gasteiger partial charge >= 0.3 is 0 Å². The molecule has 0 spiro atoms. The molecule has 0 saturated carbocycles. The number of hydrogen-bond donors (Lipinski definition) is 1. The summed E-state index contributed by atoms with van der Waals surface area (Å²) in [6.45, 7) is 4.74. The predicted molar refractivity (Wildman–Crippen MR) is 70.6 cm³/mol. The Balaban J connectivity index is 2.00. The average molecular weight is 244 g/mol. The van der Waals surface area contributed by atoms with Crippen LogP contribution in [-0.2, 0) is 6.54 Å². The van der Waals surface area contributed by atoms with E-state index in [1.54, 1.807) is 18.3 Å². The second kappa shape index (κ2) is 5.74. The molecule has 0 fully saturated rings. The van der Waals surface area contributed by atoms with Crippen molar-refractivity contribution in [2.24, 2.45) is 0 Å². The summed E-state index contributed by atoms with van der Waals surface area (Å²) in [4.78, 5) is 4.32. The Kier molecular flexibility index (Phi) is 4.05. The van der Waals surface area contributed by atoms with Crippen LogP contribution in [0.5, 0.6) is 0 Å². The number of benzene rings is 1. The van der Waals surface area contributed by atoms with Gasteiger partial charge in [0.15, 0.2) is 0 Å². The van der Waals surface area contributed by atoms with Crippen molar-refractivity contribution in [1.82, 2.24) is 10.3 Å². The molecule has 2 rings (SSSR count). The minimum absolute atomic E-state index is 0.0992. The molecule has 0 amide bonds. The molecule has 0 unspecified atom stereocenters. The number of halogens is 1. The van der Waals surface area contributed by atoms with Crippen LogP contribution in [0.25, 0.3) is 0 Å². The fourth-order valence-corrected chi connectivity index (χ4v) is 1.85. The van der Waals surface area contributed by atoms with Gasteiger partial charge in [0.1, 0.15) is 5.82 Å². The van der Waals surface area contributed by atoms with E-state index >= 15 is 0 Å². The van der Waals surface area contributed by atoms with Gasteiger partial charge in [0, 0.05) is 18.8 Å². The molecule has 18 heavy (non-hydrogen) atoms. The van der Waals surface area contributed by atoms with Gasteiger partial charge in [-0.1, -0.05) is 18.2 Å². The van der Waals surface area contributed by atoms with Crippen LogP contribution in [-0.4, -0.2) is 4.98 Å². The summed E-state index contributed by atoms with van der Waals surface area (Å²) in [6, 6.07) is 10.7. The molecule has 1 heterocycles. The minimum atomic E-state index is -0.199. The number of nitrogens with one attached hydrogen (secondary N) is 1. The van der Waals surface area contributed by atoms with Crippen molar-refractivity contribution in [2.45, 2.75) is 26.4 Å². The van der Waals surface area contributed by atoms with Crippen molar-refractivity contribution in [3.8, 4) is 0 Å². The van der Waals surface area contributed by atoms with E-state index in [0.29, 0.717) is 6.54 Å². The number of hydrogen-bond acceptors (Lipinski definition) is 2. The summed E-state index contributed by atoms with van der Waals surface area (Å²) in [6.07, 6.45) is 1.79. The largest absolute Gasteiger partial charge is 0.305 e. The van der Waals surface area contributed by atoms with Crippen LogP contribution in [0, 0.1) is 12.7 Å². The van der Waals surface area contributed by atoms with Crippen LogP contribution in [0.3, 0.4) is 0 Å². The molecule has 0 aliphatic rings. The number of aromatic nitrogens is 1. The molecule has 2 nitrogen and oxygen atoms in total. The monoisotopic (exact) mass is 244 g/mol.